The molecular weight excluding hydrogens is 388 g/mol. The number of benzene rings is 1. The van der Waals surface area contributed by atoms with Crippen molar-refractivity contribution in [3.8, 4) is 0 Å². The Morgan fingerprint density at radius 2 is 1.90 bits per heavy atom. The summed E-state index contributed by atoms with van der Waals surface area (Å²) in [5, 5.41) is 5.13. The summed E-state index contributed by atoms with van der Waals surface area (Å²) in [6, 6.07) is 12.1. The molecule has 4 nitrogen and oxygen atoms in total. The van der Waals surface area contributed by atoms with Crippen molar-refractivity contribution in [1.82, 2.24) is 14.9 Å². The third-order valence-corrected chi connectivity index (χ3v) is 8.19. The Morgan fingerprint density at radius 1 is 1.07 bits per heavy atom. The van der Waals surface area contributed by atoms with Gasteiger partial charge in [0.2, 0.25) is 0 Å². The van der Waals surface area contributed by atoms with Crippen LogP contribution in [0.1, 0.15) is 55.0 Å². The predicted molar refractivity (Wildman–Crippen MR) is 126 cm³/mol. The van der Waals surface area contributed by atoms with Crippen LogP contribution in [0.4, 0.5) is 5.82 Å². The molecule has 158 valence electrons. The molecule has 0 unspecified atom stereocenters. The van der Waals surface area contributed by atoms with Crippen molar-refractivity contribution < 1.29 is 0 Å². The van der Waals surface area contributed by atoms with Crippen LogP contribution in [-0.2, 0) is 19.3 Å². The van der Waals surface area contributed by atoms with E-state index in [0.717, 1.165) is 25.3 Å². The van der Waals surface area contributed by atoms with Gasteiger partial charge in [-0.2, -0.15) is 0 Å². The van der Waals surface area contributed by atoms with Gasteiger partial charge in [0.05, 0.1) is 5.39 Å². The van der Waals surface area contributed by atoms with Gasteiger partial charge >= 0.3 is 0 Å². The summed E-state index contributed by atoms with van der Waals surface area (Å²) in [7, 11) is 0. The molecule has 2 aromatic heterocycles. The highest BCUT2D eigenvalue weighted by Crippen LogP contribution is 2.39. The van der Waals surface area contributed by atoms with Gasteiger partial charge in [-0.05, 0) is 69.0 Å². The minimum Gasteiger partial charge on any atom is -0.367 e. The zero-order valence-electron chi connectivity index (χ0n) is 17.9. The van der Waals surface area contributed by atoms with Crippen LogP contribution >= 0.6 is 11.3 Å². The van der Waals surface area contributed by atoms with E-state index in [4.69, 9.17) is 0 Å². The second kappa shape index (κ2) is 9.03. The van der Waals surface area contributed by atoms with Gasteiger partial charge in [-0.1, -0.05) is 37.3 Å². The third-order valence-electron chi connectivity index (χ3n) is 6.99. The van der Waals surface area contributed by atoms with E-state index in [1.54, 1.807) is 6.33 Å². The number of thiophene rings is 1. The molecule has 2 aliphatic rings. The van der Waals surface area contributed by atoms with Crippen LogP contribution in [-0.4, -0.2) is 40.0 Å². The molecule has 0 bridgehead atoms. The minimum absolute atomic E-state index is 0.532. The third kappa shape index (κ3) is 4.10. The molecule has 0 saturated heterocycles. The van der Waals surface area contributed by atoms with Crippen LogP contribution in [0.25, 0.3) is 10.2 Å². The average Bonchev–Trinajstić information content (AvgIpc) is 3.37. The van der Waals surface area contributed by atoms with E-state index < -0.39 is 0 Å². The molecule has 2 heterocycles. The fourth-order valence-corrected chi connectivity index (χ4v) is 6.56. The summed E-state index contributed by atoms with van der Waals surface area (Å²) in [6.45, 7) is 4.62. The number of anilines is 1. The van der Waals surface area contributed by atoms with Crippen molar-refractivity contribution in [3.05, 3.63) is 52.7 Å². The van der Waals surface area contributed by atoms with Crippen LogP contribution in [0, 0.1) is 0 Å². The predicted octanol–water partition coefficient (Wildman–Crippen LogP) is 5.47. The Hall–Kier alpha value is -1.98. The van der Waals surface area contributed by atoms with Crippen molar-refractivity contribution >= 4 is 27.4 Å². The molecule has 1 fully saturated rings. The van der Waals surface area contributed by atoms with Gasteiger partial charge in [-0.15, -0.1) is 11.3 Å². The zero-order valence-corrected chi connectivity index (χ0v) is 18.8. The monoisotopic (exact) mass is 420 g/mol. The molecular formula is C25H32N4S. The Balaban J connectivity index is 1.20. The van der Waals surface area contributed by atoms with E-state index in [-0.39, 0.29) is 0 Å². The smallest absolute Gasteiger partial charge is 0.138 e. The number of aryl methyl sites for hydroxylation is 2. The molecule has 0 atom stereocenters. The SMILES string of the molecule is CCN(CCc1ccccc1)C1CCC(Nc2ncnc3sc4c(c23)CCC4)CC1. The van der Waals surface area contributed by atoms with Crippen LogP contribution in [0.3, 0.4) is 0 Å². The molecule has 0 spiro atoms. The molecule has 0 aliphatic heterocycles. The average molecular weight is 421 g/mol. The fourth-order valence-electron chi connectivity index (χ4n) is 5.33. The molecule has 0 radical (unpaired) electrons. The standard InChI is InChI=1S/C25H32N4S/c1-2-29(16-15-18-7-4-3-5-8-18)20-13-11-19(12-14-20)28-24-23-21-9-6-10-22(21)30-25(23)27-17-26-24/h3-5,7-8,17,19-20H,2,6,9-16H2,1H3,(H,26,27,28). The molecule has 0 amide bonds. The summed E-state index contributed by atoms with van der Waals surface area (Å²) >= 11 is 1.88. The Kier molecular flexibility index (Phi) is 6.00. The highest BCUT2D eigenvalue weighted by Gasteiger charge is 2.27. The van der Waals surface area contributed by atoms with Crippen molar-refractivity contribution in [1.29, 1.82) is 0 Å². The lowest BCUT2D eigenvalue weighted by molar-refractivity contribution is 0.161. The number of aromatic nitrogens is 2. The molecule has 1 N–H and O–H groups in total. The Morgan fingerprint density at radius 3 is 2.70 bits per heavy atom. The Labute approximate surface area is 183 Å². The van der Waals surface area contributed by atoms with Crippen LogP contribution in [0.15, 0.2) is 36.7 Å². The van der Waals surface area contributed by atoms with Gasteiger partial charge in [0.15, 0.2) is 0 Å². The van der Waals surface area contributed by atoms with Crippen molar-refractivity contribution in [2.75, 3.05) is 18.4 Å². The lowest BCUT2D eigenvalue weighted by Crippen LogP contribution is -2.41. The van der Waals surface area contributed by atoms with E-state index in [1.807, 2.05) is 11.3 Å². The summed E-state index contributed by atoms with van der Waals surface area (Å²) < 4.78 is 0. The number of rotatable bonds is 7. The topological polar surface area (TPSA) is 41.0 Å². The maximum absolute atomic E-state index is 4.66. The minimum atomic E-state index is 0.532. The lowest BCUT2D eigenvalue weighted by atomic mass is 9.89. The van der Waals surface area contributed by atoms with Crippen molar-refractivity contribution in [2.45, 2.75) is 70.4 Å². The van der Waals surface area contributed by atoms with Gasteiger partial charge in [-0.25, -0.2) is 9.97 Å². The number of nitrogens with zero attached hydrogens (tertiary/aromatic N) is 3. The van der Waals surface area contributed by atoms with E-state index in [9.17, 15) is 0 Å². The summed E-state index contributed by atoms with van der Waals surface area (Å²) in [4.78, 5) is 14.6. The fraction of sp³-hybridized carbons (Fsp3) is 0.520. The zero-order chi connectivity index (χ0) is 20.3. The van der Waals surface area contributed by atoms with Crippen molar-refractivity contribution in [2.24, 2.45) is 0 Å². The molecule has 5 rings (SSSR count). The molecule has 1 saturated carbocycles. The quantitative estimate of drug-likeness (QED) is 0.550. The maximum atomic E-state index is 4.66. The second-order valence-corrected chi connectivity index (χ2v) is 9.86. The Bertz CT molecular complexity index is 975. The number of hydrogen-bond donors (Lipinski definition) is 1. The van der Waals surface area contributed by atoms with Gasteiger partial charge in [0, 0.05) is 23.5 Å². The summed E-state index contributed by atoms with van der Waals surface area (Å²) in [6.07, 6.45) is 11.6. The van der Waals surface area contributed by atoms with E-state index >= 15 is 0 Å². The lowest BCUT2D eigenvalue weighted by Gasteiger charge is -2.37. The van der Waals surface area contributed by atoms with Gasteiger partial charge in [-0.3, -0.25) is 0 Å². The van der Waals surface area contributed by atoms with Crippen molar-refractivity contribution in [3.63, 3.8) is 0 Å². The summed E-state index contributed by atoms with van der Waals surface area (Å²) in [5.74, 6) is 1.08. The molecule has 2 aliphatic carbocycles. The molecule has 3 aromatic rings. The van der Waals surface area contributed by atoms with Gasteiger partial charge < -0.3 is 10.2 Å². The molecule has 30 heavy (non-hydrogen) atoms. The van der Waals surface area contributed by atoms with E-state index in [2.05, 4.69) is 57.4 Å². The summed E-state index contributed by atoms with van der Waals surface area (Å²) in [5.41, 5.74) is 2.97. The number of nitrogens with one attached hydrogen (secondary N) is 1. The highest BCUT2D eigenvalue weighted by atomic mass is 32.1. The van der Waals surface area contributed by atoms with Crippen LogP contribution < -0.4 is 5.32 Å². The van der Waals surface area contributed by atoms with Gasteiger partial charge in [0.25, 0.3) is 0 Å². The van der Waals surface area contributed by atoms with Gasteiger partial charge in [0.1, 0.15) is 17.0 Å². The first-order valence-corrected chi connectivity index (χ1v) is 12.4. The first kappa shape index (κ1) is 20.0. The molecule has 5 heteroatoms. The number of fused-ring (bicyclic) bond motifs is 3. The molecule has 1 aromatic carbocycles. The van der Waals surface area contributed by atoms with Crippen LogP contribution in [0.5, 0.6) is 0 Å². The van der Waals surface area contributed by atoms with E-state index in [1.165, 1.54) is 71.2 Å². The van der Waals surface area contributed by atoms with E-state index in [0.29, 0.717) is 12.1 Å². The largest absolute Gasteiger partial charge is 0.367 e. The first-order chi connectivity index (χ1) is 14.8. The highest BCUT2D eigenvalue weighted by molar-refractivity contribution is 7.19. The normalized spacial score (nSPS) is 21.3. The maximum Gasteiger partial charge on any atom is 0.138 e. The second-order valence-electron chi connectivity index (χ2n) is 8.77. The first-order valence-electron chi connectivity index (χ1n) is 11.6. The number of hydrogen-bond acceptors (Lipinski definition) is 5. The number of likely N-dealkylation sites (N-methyl/N-ethyl adjacent to an activating group) is 1. The van der Waals surface area contributed by atoms with Crippen LogP contribution in [0.2, 0.25) is 0 Å².